The first-order valence-corrected chi connectivity index (χ1v) is 6.78. The first kappa shape index (κ1) is 12.8. The van der Waals surface area contributed by atoms with Gasteiger partial charge in [-0.2, -0.15) is 0 Å². The van der Waals surface area contributed by atoms with E-state index >= 15 is 0 Å². The molecule has 0 spiro atoms. The van der Waals surface area contributed by atoms with Gasteiger partial charge in [-0.25, -0.2) is 13.8 Å². The summed E-state index contributed by atoms with van der Waals surface area (Å²) in [6, 6.07) is 3.74. The zero-order valence-corrected chi connectivity index (χ0v) is 11.2. The van der Waals surface area contributed by atoms with Crippen molar-refractivity contribution in [3.8, 4) is 11.3 Å². The molecule has 0 fully saturated rings. The fourth-order valence-corrected chi connectivity index (χ4v) is 2.89. The molecule has 2 aromatic rings. The van der Waals surface area contributed by atoms with Gasteiger partial charge in [0.05, 0.1) is 10.6 Å². The van der Waals surface area contributed by atoms with Crippen molar-refractivity contribution >= 4 is 22.0 Å². The van der Waals surface area contributed by atoms with Gasteiger partial charge in [0.2, 0.25) is 0 Å². The second kappa shape index (κ2) is 5.05. The molecule has 1 aliphatic rings. The molecule has 0 radical (unpaired) electrons. The summed E-state index contributed by atoms with van der Waals surface area (Å²) in [5.41, 5.74) is 7.88. The largest absolute Gasteiger partial charge is 0.387 e. The molecule has 0 unspecified atom stereocenters. The minimum absolute atomic E-state index is 0.398. The molecule has 1 aliphatic heterocycles. The molecule has 0 saturated carbocycles. The molecule has 0 atom stereocenters. The number of dihydropyridines is 1. The molecule has 3 rings (SSSR count). The number of nitrogen functional groups attached to an aromatic ring is 1. The van der Waals surface area contributed by atoms with E-state index in [1.807, 2.05) is 18.4 Å². The highest BCUT2D eigenvalue weighted by atomic mass is 32.1. The summed E-state index contributed by atoms with van der Waals surface area (Å²) in [4.78, 5) is 5.11. The average molecular weight is 291 g/mol. The second-order valence-electron chi connectivity index (χ2n) is 4.29. The fourth-order valence-electron chi connectivity index (χ4n) is 2.01. The quantitative estimate of drug-likeness (QED) is 0.893. The van der Waals surface area contributed by atoms with Crippen LogP contribution in [0.4, 0.5) is 13.9 Å². The molecule has 20 heavy (non-hydrogen) atoms. The maximum absolute atomic E-state index is 13.4. The molecular weight excluding hydrogens is 280 g/mol. The number of nitrogens with one attached hydrogen (secondary N) is 1. The Balaban J connectivity index is 2.11. The van der Waals surface area contributed by atoms with Gasteiger partial charge in [-0.3, -0.25) is 0 Å². The lowest BCUT2D eigenvalue weighted by molar-refractivity contribution is 0.509. The SMILES string of the molecule is Nc1nc(-c2ccc(F)c(F)c2)c(C2=CC=CNC2)s1. The number of aromatic nitrogens is 1. The Hall–Kier alpha value is -2.21. The Morgan fingerprint density at radius 1 is 1.25 bits per heavy atom. The summed E-state index contributed by atoms with van der Waals surface area (Å²) in [6.45, 7) is 0.648. The Labute approximate surface area is 118 Å². The van der Waals surface area contributed by atoms with Crippen LogP contribution >= 0.6 is 11.3 Å². The van der Waals surface area contributed by atoms with Crippen LogP contribution in [-0.2, 0) is 0 Å². The minimum atomic E-state index is -0.893. The van der Waals surface area contributed by atoms with Gasteiger partial charge in [0.25, 0.3) is 0 Å². The molecule has 102 valence electrons. The van der Waals surface area contributed by atoms with E-state index in [2.05, 4.69) is 10.3 Å². The third kappa shape index (κ3) is 2.30. The molecule has 0 saturated heterocycles. The van der Waals surface area contributed by atoms with Gasteiger partial charge in [0.15, 0.2) is 16.8 Å². The molecule has 2 heterocycles. The molecule has 0 bridgehead atoms. The van der Waals surface area contributed by atoms with Crippen LogP contribution < -0.4 is 11.1 Å². The van der Waals surface area contributed by atoms with E-state index in [-0.39, 0.29) is 0 Å². The molecule has 0 amide bonds. The monoisotopic (exact) mass is 291 g/mol. The molecular formula is C14H11F2N3S. The Morgan fingerprint density at radius 2 is 2.10 bits per heavy atom. The number of benzene rings is 1. The van der Waals surface area contributed by atoms with Gasteiger partial charge < -0.3 is 11.1 Å². The molecule has 3 nitrogen and oxygen atoms in total. The van der Waals surface area contributed by atoms with Gasteiger partial charge in [-0.1, -0.05) is 17.4 Å². The summed E-state index contributed by atoms with van der Waals surface area (Å²) in [5.74, 6) is -1.77. The number of thiazole rings is 1. The van der Waals surface area contributed by atoms with E-state index in [0.29, 0.717) is 22.9 Å². The average Bonchev–Trinajstić information content (AvgIpc) is 2.85. The number of halogens is 2. The zero-order chi connectivity index (χ0) is 14.1. The zero-order valence-electron chi connectivity index (χ0n) is 10.4. The highest BCUT2D eigenvalue weighted by Gasteiger charge is 2.17. The van der Waals surface area contributed by atoms with E-state index in [4.69, 9.17) is 5.73 Å². The Morgan fingerprint density at radius 3 is 2.80 bits per heavy atom. The summed E-state index contributed by atoms with van der Waals surface area (Å²) >= 11 is 1.33. The molecule has 1 aromatic heterocycles. The maximum Gasteiger partial charge on any atom is 0.181 e. The first-order chi connectivity index (χ1) is 9.65. The number of allylic oxidation sites excluding steroid dienone is 2. The van der Waals surface area contributed by atoms with E-state index in [1.54, 1.807) is 0 Å². The van der Waals surface area contributed by atoms with Gasteiger partial charge in [0, 0.05) is 12.1 Å². The van der Waals surface area contributed by atoms with Crippen molar-refractivity contribution in [2.24, 2.45) is 0 Å². The second-order valence-corrected chi connectivity index (χ2v) is 5.32. The highest BCUT2D eigenvalue weighted by Crippen LogP contribution is 2.35. The van der Waals surface area contributed by atoms with Gasteiger partial charge in [-0.05, 0) is 36.0 Å². The van der Waals surface area contributed by atoms with Crippen LogP contribution in [0.15, 0.2) is 36.6 Å². The summed E-state index contributed by atoms with van der Waals surface area (Å²) in [6.07, 6.45) is 5.67. The number of hydrogen-bond donors (Lipinski definition) is 2. The number of nitrogens with two attached hydrogens (primary N) is 1. The molecule has 6 heteroatoms. The number of hydrogen-bond acceptors (Lipinski definition) is 4. The van der Waals surface area contributed by atoms with Crippen molar-refractivity contribution in [1.82, 2.24) is 10.3 Å². The highest BCUT2D eigenvalue weighted by molar-refractivity contribution is 7.16. The molecule has 0 aliphatic carbocycles. The lowest BCUT2D eigenvalue weighted by atomic mass is 10.1. The predicted octanol–water partition coefficient (Wildman–Crippen LogP) is 3.17. The maximum atomic E-state index is 13.4. The van der Waals surface area contributed by atoms with Crippen LogP contribution in [0, 0.1) is 11.6 Å². The standard InChI is InChI=1S/C14H11F2N3S/c15-10-4-3-8(6-11(10)16)12-13(20-14(17)19-12)9-2-1-5-18-7-9/h1-6,18H,7H2,(H2,17,19). The van der Waals surface area contributed by atoms with E-state index < -0.39 is 11.6 Å². The summed E-state index contributed by atoms with van der Waals surface area (Å²) < 4.78 is 26.4. The van der Waals surface area contributed by atoms with E-state index in [9.17, 15) is 8.78 Å². The van der Waals surface area contributed by atoms with Crippen molar-refractivity contribution < 1.29 is 8.78 Å². The third-order valence-corrected chi connectivity index (χ3v) is 3.89. The predicted molar refractivity (Wildman–Crippen MR) is 77.0 cm³/mol. The van der Waals surface area contributed by atoms with Gasteiger partial charge in [0.1, 0.15) is 0 Å². The van der Waals surface area contributed by atoms with E-state index in [0.717, 1.165) is 22.6 Å². The van der Waals surface area contributed by atoms with Gasteiger partial charge in [-0.15, -0.1) is 0 Å². The summed E-state index contributed by atoms with van der Waals surface area (Å²) in [5, 5.41) is 3.50. The van der Waals surface area contributed by atoms with Crippen molar-refractivity contribution in [2.75, 3.05) is 12.3 Å². The number of anilines is 1. The smallest absolute Gasteiger partial charge is 0.181 e. The Bertz CT molecular complexity index is 719. The van der Waals surface area contributed by atoms with Crippen molar-refractivity contribution in [3.63, 3.8) is 0 Å². The summed E-state index contributed by atoms with van der Waals surface area (Å²) in [7, 11) is 0. The normalized spacial score (nSPS) is 14.0. The van der Waals surface area contributed by atoms with Crippen molar-refractivity contribution in [3.05, 3.63) is 53.1 Å². The van der Waals surface area contributed by atoms with Crippen molar-refractivity contribution in [1.29, 1.82) is 0 Å². The van der Waals surface area contributed by atoms with Crippen LogP contribution in [-0.4, -0.2) is 11.5 Å². The van der Waals surface area contributed by atoms with Crippen LogP contribution in [0.2, 0.25) is 0 Å². The van der Waals surface area contributed by atoms with Crippen LogP contribution in [0.5, 0.6) is 0 Å². The van der Waals surface area contributed by atoms with E-state index in [1.165, 1.54) is 17.4 Å². The van der Waals surface area contributed by atoms with Crippen LogP contribution in [0.1, 0.15) is 4.88 Å². The minimum Gasteiger partial charge on any atom is -0.387 e. The topological polar surface area (TPSA) is 50.9 Å². The Kier molecular flexibility index (Phi) is 3.23. The number of nitrogens with zero attached hydrogens (tertiary/aromatic N) is 1. The number of rotatable bonds is 2. The first-order valence-electron chi connectivity index (χ1n) is 5.96. The lowest BCUT2D eigenvalue weighted by Gasteiger charge is -2.10. The molecule has 1 aromatic carbocycles. The van der Waals surface area contributed by atoms with Gasteiger partial charge >= 0.3 is 0 Å². The lowest BCUT2D eigenvalue weighted by Crippen LogP contribution is -2.11. The molecule has 3 N–H and O–H groups in total. The van der Waals surface area contributed by atoms with Crippen molar-refractivity contribution in [2.45, 2.75) is 0 Å². The third-order valence-electron chi connectivity index (χ3n) is 2.93. The fraction of sp³-hybridized carbons (Fsp3) is 0.0714. The van der Waals surface area contributed by atoms with Crippen LogP contribution in [0.3, 0.4) is 0 Å². The van der Waals surface area contributed by atoms with Crippen LogP contribution in [0.25, 0.3) is 16.8 Å².